The van der Waals surface area contributed by atoms with E-state index in [1.807, 2.05) is 31.2 Å². The van der Waals surface area contributed by atoms with E-state index in [0.29, 0.717) is 17.6 Å². The molecule has 1 N–H and O–H groups in total. The van der Waals surface area contributed by atoms with Gasteiger partial charge in [-0.25, -0.2) is 9.37 Å². The Morgan fingerprint density at radius 1 is 1.10 bits per heavy atom. The van der Waals surface area contributed by atoms with Crippen molar-refractivity contribution in [1.29, 1.82) is 0 Å². The molecule has 0 aliphatic heterocycles. The third-order valence-electron chi connectivity index (χ3n) is 3.15. The molecule has 0 bridgehead atoms. The lowest BCUT2D eigenvalue weighted by Crippen LogP contribution is -2.00. The molecule has 0 unspecified atom stereocenters. The molecule has 0 fully saturated rings. The summed E-state index contributed by atoms with van der Waals surface area (Å²) in [6.45, 7) is 1.86. The van der Waals surface area contributed by atoms with Crippen molar-refractivity contribution < 1.29 is 9.13 Å². The molecule has 0 aliphatic carbocycles. The van der Waals surface area contributed by atoms with Crippen molar-refractivity contribution in [1.82, 2.24) is 9.97 Å². The summed E-state index contributed by atoms with van der Waals surface area (Å²) in [7, 11) is 1.74. The summed E-state index contributed by atoms with van der Waals surface area (Å²) in [4.78, 5) is 8.68. The van der Waals surface area contributed by atoms with Crippen LogP contribution in [0.3, 0.4) is 0 Å². The van der Waals surface area contributed by atoms with Crippen LogP contribution in [0.15, 0.2) is 42.5 Å². The summed E-state index contributed by atoms with van der Waals surface area (Å²) in [5.74, 6) is 0.958. The zero-order valence-corrected chi connectivity index (χ0v) is 11.7. The fourth-order valence-corrected chi connectivity index (χ4v) is 2.03. The molecule has 4 nitrogen and oxygen atoms in total. The number of nitrogens with zero attached hydrogens (tertiary/aromatic N) is 2. The number of ether oxygens (including phenoxy) is 1. The summed E-state index contributed by atoms with van der Waals surface area (Å²) in [6, 6.07) is 12.0. The SMILES string of the molecule is CNc1nc(Oc2cc(F)ccc2C)c2ccccc2n1. The molecule has 1 aromatic heterocycles. The summed E-state index contributed by atoms with van der Waals surface area (Å²) in [5, 5.41) is 3.67. The zero-order chi connectivity index (χ0) is 14.8. The van der Waals surface area contributed by atoms with Crippen LogP contribution in [0, 0.1) is 12.7 Å². The molecule has 0 spiro atoms. The van der Waals surface area contributed by atoms with Gasteiger partial charge in [0.25, 0.3) is 0 Å². The number of aromatic nitrogens is 2. The minimum Gasteiger partial charge on any atom is -0.438 e. The molecule has 0 radical (unpaired) electrons. The maximum Gasteiger partial charge on any atom is 0.231 e. The second-order valence-electron chi connectivity index (χ2n) is 4.63. The summed E-state index contributed by atoms with van der Waals surface area (Å²) < 4.78 is 19.2. The highest BCUT2D eigenvalue weighted by molar-refractivity contribution is 5.84. The maximum absolute atomic E-state index is 13.4. The van der Waals surface area contributed by atoms with Crippen LogP contribution in [0.1, 0.15) is 5.56 Å². The molecular formula is C16H14FN3O. The highest BCUT2D eigenvalue weighted by Gasteiger charge is 2.11. The number of rotatable bonds is 3. The van der Waals surface area contributed by atoms with Crippen molar-refractivity contribution in [3.63, 3.8) is 0 Å². The van der Waals surface area contributed by atoms with Gasteiger partial charge in [-0.1, -0.05) is 18.2 Å². The number of nitrogens with one attached hydrogen (secondary N) is 1. The fourth-order valence-electron chi connectivity index (χ4n) is 2.03. The maximum atomic E-state index is 13.4. The molecule has 3 rings (SSSR count). The molecule has 0 saturated heterocycles. The predicted molar refractivity (Wildman–Crippen MR) is 80.3 cm³/mol. The molecule has 21 heavy (non-hydrogen) atoms. The number of hydrogen-bond acceptors (Lipinski definition) is 4. The smallest absolute Gasteiger partial charge is 0.231 e. The van der Waals surface area contributed by atoms with Gasteiger partial charge in [0.05, 0.1) is 10.9 Å². The first-order chi connectivity index (χ1) is 10.2. The highest BCUT2D eigenvalue weighted by atomic mass is 19.1. The molecule has 3 aromatic rings. The van der Waals surface area contributed by atoms with Crippen molar-refractivity contribution in [2.75, 3.05) is 12.4 Å². The first-order valence-electron chi connectivity index (χ1n) is 6.56. The Balaban J connectivity index is 2.13. The van der Waals surface area contributed by atoms with Crippen molar-refractivity contribution in [2.24, 2.45) is 0 Å². The Bertz CT molecular complexity index is 805. The van der Waals surface area contributed by atoms with E-state index in [1.165, 1.54) is 12.1 Å². The van der Waals surface area contributed by atoms with E-state index in [-0.39, 0.29) is 5.82 Å². The Labute approximate surface area is 121 Å². The third kappa shape index (κ3) is 2.63. The van der Waals surface area contributed by atoms with Crippen LogP contribution < -0.4 is 10.1 Å². The zero-order valence-electron chi connectivity index (χ0n) is 11.7. The van der Waals surface area contributed by atoms with E-state index in [9.17, 15) is 4.39 Å². The average Bonchev–Trinajstić information content (AvgIpc) is 2.50. The van der Waals surface area contributed by atoms with E-state index in [4.69, 9.17) is 4.74 Å². The van der Waals surface area contributed by atoms with Crippen molar-refractivity contribution >= 4 is 16.9 Å². The Morgan fingerprint density at radius 3 is 2.71 bits per heavy atom. The van der Waals surface area contributed by atoms with Crippen LogP contribution in [0.5, 0.6) is 11.6 Å². The standard InChI is InChI=1S/C16H14FN3O/c1-10-7-8-11(17)9-14(10)21-15-12-5-3-4-6-13(12)19-16(18-2)20-15/h3-9H,1-2H3,(H,18,19,20). The molecule has 1 heterocycles. The van der Waals surface area contributed by atoms with E-state index in [0.717, 1.165) is 16.5 Å². The first kappa shape index (κ1) is 13.3. The Kier molecular flexibility index (Phi) is 3.39. The van der Waals surface area contributed by atoms with E-state index >= 15 is 0 Å². The molecule has 2 aromatic carbocycles. The lowest BCUT2D eigenvalue weighted by molar-refractivity contribution is 0.460. The summed E-state index contributed by atoms with van der Waals surface area (Å²) in [6.07, 6.45) is 0. The summed E-state index contributed by atoms with van der Waals surface area (Å²) in [5.41, 5.74) is 1.60. The van der Waals surface area contributed by atoms with E-state index < -0.39 is 0 Å². The predicted octanol–water partition coefficient (Wildman–Crippen LogP) is 3.91. The Hall–Kier alpha value is -2.69. The lowest BCUT2D eigenvalue weighted by Gasteiger charge is -2.11. The van der Waals surface area contributed by atoms with Gasteiger partial charge >= 0.3 is 0 Å². The normalized spacial score (nSPS) is 10.6. The fraction of sp³-hybridized carbons (Fsp3) is 0.125. The largest absolute Gasteiger partial charge is 0.438 e. The van der Waals surface area contributed by atoms with Gasteiger partial charge in [-0.05, 0) is 30.7 Å². The topological polar surface area (TPSA) is 47.0 Å². The van der Waals surface area contributed by atoms with Gasteiger partial charge in [0.1, 0.15) is 11.6 Å². The van der Waals surface area contributed by atoms with Crippen molar-refractivity contribution in [2.45, 2.75) is 6.92 Å². The van der Waals surface area contributed by atoms with Crippen molar-refractivity contribution in [3.05, 3.63) is 53.8 Å². The second-order valence-corrected chi connectivity index (χ2v) is 4.63. The highest BCUT2D eigenvalue weighted by Crippen LogP contribution is 2.30. The Morgan fingerprint density at radius 2 is 1.90 bits per heavy atom. The molecular weight excluding hydrogens is 269 g/mol. The van der Waals surface area contributed by atoms with Gasteiger partial charge in [-0.2, -0.15) is 4.98 Å². The van der Waals surface area contributed by atoms with Gasteiger partial charge in [0, 0.05) is 13.1 Å². The average molecular weight is 283 g/mol. The quantitative estimate of drug-likeness (QED) is 0.791. The molecule has 0 saturated carbocycles. The summed E-state index contributed by atoms with van der Waals surface area (Å²) >= 11 is 0. The number of anilines is 1. The minimum absolute atomic E-state index is 0.345. The lowest BCUT2D eigenvalue weighted by atomic mass is 10.2. The van der Waals surface area contributed by atoms with Crippen molar-refractivity contribution in [3.8, 4) is 11.6 Å². The van der Waals surface area contributed by atoms with Gasteiger partial charge < -0.3 is 10.1 Å². The molecule has 0 atom stereocenters. The van der Waals surface area contributed by atoms with Crippen LogP contribution in [0.2, 0.25) is 0 Å². The van der Waals surface area contributed by atoms with Crippen LogP contribution in [0.4, 0.5) is 10.3 Å². The second kappa shape index (κ2) is 5.36. The van der Waals surface area contributed by atoms with Gasteiger partial charge in [0.15, 0.2) is 0 Å². The van der Waals surface area contributed by atoms with Gasteiger partial charge in [-0.3, -0.25) is 0 Å². The van der Waals surface area contributed by atoms with Gasteiger partial charge in [0.2, 0.25) is 11.8 Å². The molecule has 0 aliphatic rings. The van der Waals surface area contributed by atoms with Crippen LogP contribution in [-0.4, -0.2) is 17.0 Å². The molecule has 0 amide bonds. The third-order valence-corrected chi connectivity index (χ3v) is 3.15. The van der Waals surface area contributed by atoms with E-state index in [1.54, 1.807) is 13.1 Å². The van der Waals surface area contributed by atoms with Crippen LogP contribution in [-0.2, 0) is 0 Å². The number of aryl methyl sites for hydroxylation is 1. The first-order valence-corrected chi connectivity index (χ1v) is 6.56. The number of benzene rings is 2. The molecule has 106 valence electrons. The van der Waals surface area contributed by atoms with E-state index in [2.05, 4.69) is 15.3 Å². The number of para-hydroxylation sites is 1. The minimum atomic E-state index is -0.345. The number of halogens is 1. The van der Waals surface area contributed by atoms with Crippen LogP contribution >= 0.6 is 0 Å². The van der Waals surface area contributed by atoms with Crippen LogP contribution in [0.25, 0.3) is 10.9 Å². The molecule has 5 heteroatoms. The monoisotopic (exact) mass is 283 g/mol. The number of fused-ring (bicyclic) bond motifs is 1. The number of hydrogen-bond donors (Lipinski definition) is 1. The van der Waals surface area contributed by atoms with Gasteiger partial charge in [-0.15, -0.1) is 0 Å².